The van der Waals surface area contributed by atoms with Crippen molar-refractivity contribution in [1.82, 2.24) is 0 Å². The molecule has 0 aliphatic rings. The lowest BCUT2D eigenvalue weighted by Gasteiger charge is -2.03. The third-order valence-corrected chi connectivity index (χ3v) is 2.30. The van der Waals surface area contributed by atoms with E-state index in [-0.39, 0.29) is 6.42 Å². The number of hydrogen-bond donors (Lipinski definition) is 2. The van der Waals surface area contributed by atoms with E-state index < -0.39 is 5.97 Å². The lowest BCUT2D eigenvalue weighted by atomic mass is 10.0. The molecule has 0 heterocycles. The van der Waals surface area contributed by atoms with Crippen molar-refractivity contribution in [2.45, 2.75) is 6.42 Å². The van der Waals surface area contributed by atoms with Gasteiger partial charge < -0.3 is 5.11 Å². The van der Waals surface area contributed by atoms with E-state index in [1.54, 1.807) is 18.2 Å². The van der Waals surface area contributed by atoms with E-state index in [4.69, 9.17) is 16.7 Å². The van der Waals surface area contributed by atoms with Gasteiger partial charge in [-0.2, -0.15) is 12.6 Å². The van der Waals surface area contributed by atoms with Crippen LogP contribution in [0.5, 0.6) is 0 Å². The number of hydrogen-bond acceptors (Lipinski definition) is 2. The van der Waals surface area contributed by atoms with Crippen LogP contribution in [0.4, 0.5) is 0 Å². The Bertz CT molecular complexity index is 388. The fourth-order valence-electron chi connectivity index (χ4n) is 1.22. The van der Waals surface area contributed by atoms with Crippen LogP contribution in [-0.2, 0) is 11.2 Å². The van der Waals surface area contributed by atoms with E-state index in [0.29, 0.717) is 10.8 Å². The Labute approximate surface area is 99.0 Å². The maximum Gasteiger partial charge on any atom is 0.307 e. The molecule has 0 saturated heterocycles. The Morgan fingerprint density at radius 2 is 2.27 bits per heavy atom. The lowest BCUT2D eigenvalue weighted by molar-refractivity contribution is -0.136. The van der Waals surface area contributed by atoms with E-state index in [1.165, 1.54) is 0 Å². The number of rotatable bonds is 4. The number of aliphatic carboxylic acids is 1. The summed E-state index contributed by atoms with van der Waals surface area (Å²) >= 11 is 9.88. The molecule has 0 aromatic heterocycles. The fourth-order valence-corrected chi connectivity index (χ4v) is 1.51. The van der Waals surface area contributed by atoms with E-state index in [1.807, 2.05) is 12.2 Å². The standard InChI is InChI=1S/C11H11ClO2S/c12-10-4-3-9(7-11(13)14)8(6-10)2-1-5-15/h1-4,6,15H,5,7H2,(H,13,14). The molecule has 0 spiro atoms. The van der Waals surface area contributed by atoms with E-state index in [2.05, 4.69) is 12.6 Å². The molecule has 80 valence electrons. The van der Waals surface area contributed by atoms with Crippen LogP contribution in [0, 0.1) is 0 Å². The highest BCUT2D eigenvalue weighted by Gasteiger charge is 2.05. The molecule has 0 saturated carbocycles. The van der Waals surface area contributed by atoms with E-state index in [0.717, 1.165) is 11.1 Å². The summed E-state index contributed by atoms with van der Waals surface area (Å²) in [4.78, 5) is 10.6. The Balaban J connectivity index is 3.02. The van der Waals surface area contributed by atoms with Crippen LogP contribution in [0.1, 0.15) is 11.1 Å². The van der Waals surface area contributed by atoms with Crippen LogP contribution < -0.4 is 0 Å². The van der Waals surface area contributed by atoms with Gasteiger partial charge in [-0.05, 0) is 23.3 Å². The molecule has 2 nitrogen and oxygen atoms in total. The smallest absolute Gasteiger partial charge is 0.307 e. The molecule has 1 N–H and O–H groups in total. The number of thiol groups is 1. The van der Waals surface area contributed by atoms with Gasteiger partial charge in [0.1, 0.15) is 0 Å². The van der Waals surface area contributed by atoms with Gasteiger partial charge in [0.15, 0.2) is 0 Å². The van der Waals surface area contributed by atoms with Crippen molar-refractivity contribution >= 4 is 36.3 Å². The predicted octanol–water partition coefficient (Wildman–Crippen LogP) is 2.91. The summed E-state index contributed by atoms with van der Waals surface area (Å²) in [6.07, 6.45) is 3.68. The topological polar surface area (TPSA) is 37.3 Å². The minimum atomic E-state index is -0.849. The number of halogens is 1. The first-order valence-corrected chi connectivity index (χ1v) is 5.42. The zero-order valence-corrected chi connectivity index (χ0v) is 9.63. The highest BCUT2D eigenvalue weighted by molar-refractivity contribution is 7.80. The summed E-state index contributed by atoms with van der Waals surface area (Å²) in [7, 11) is 0. The van der Waals surface area contributed by atoms with Gasteiger partial charge in [-0.1, -0.05) is 29.8 Å². The molecule has 0 amide bonds. The minimum absolute atomic E-state index is 0.00339. The van der Waals surface area contributed by atoms with Gasteiger partial charge in [0.05, 0.1) is 6.42 Å². The molecule has 1 aromatic rings. The molecular weight excluding hydrogens is 232 g/mol. The Hall–Kier alpha value is -0.930. The molecule has 0 aliphatic heterocycles. The fraction of sp³-hybridized carbons (Fsp3) is 0.182. The second-order valence-corrected chi connectivity index (χ2v) is 3.80. The summed E-state index contributed by atoms with van der Waals surface area (Å²) < 4.78 is 0. The first-order chi connectivity index (χ1) is 7.13. The molecule has 0 radical (unpaired) electrons. The summed E-state index contributed by atoms with van der Waals surface area (Å²) in [5.74, 6) is -0.239. The average Bonchev–Trinajstić information content (AvgIpc) is 2.18. The van der Waals surface area contributed by atoms with Crippen molar-refractivity contribution in [3.05, 3.63) is 40.4 Å². The molecule has 0 fully saturated rings. The summed E-state index contributed by atoms with van der Waals surface area (Å²) in [5.41, 5.74) is 1.59. The zero-order valence-electron chi connectivity index (χ0n) is 7.98. The van der Waals surface area contributed by atoms with Gasteiger partial charge in [0.25, 0.3) is 0 Å². The average molecular weight is 243 g/mol. The quantitative estimate of drug-likeness (QED) is 0.797. The van der Waals surface area contributed by atoms with Gasteiger partial charge in [0.2, 0.25) is 0 Å². The Morgan fingerprint density at radius 1 is 1.53 bits per heavy atom. The third kappa shape index (κ3) is 3.98. The van der Waals surface area contributed by atoms with Crippen molar-refractivity contribution < 1.29 is 9.90 Å². The SMILES string of the molecule is O=C(O)Cc1ccc(Cl)cc1C=CCS. The largest absolute Gasteiger partial charge is 0.481 e. The van der Waals surface area contributed by atoms with Crippen LogP contribution in [0.2, 0.25) is 5.02 Å². The van der Waals surface area contributed by atoms with Gasteiger partial charge >= 0.3 is 5.97 Å². The second kappa shape index (κ2) is 5.83. The zero-order chi connectivity index (χ0) is 11.3. The Morgan fingerprint density at radius 3 is 2.87 bits per heavy atom. The third-order valence-electron chi connectivity index (χ3n) is 1.85. The molecule has 1 rings (SSSR count). The number of carbonyl (C=O) groups is 1. The van der Waals surface area contributed by atoms with E-state index in [9.17, 15) is 4.79 Å². The van der Waals surface area contributed by atoms with Crippen molar-refractivity contribution in [2.24, 2.45) is 0 Å². The number of benzene rings is 1. The van der Waals surface area contributed by atoms with Crippen molar-refractivity contribution in [1.29, 1.82) is 0 Å². The maximum absolute atomic E-state index is 10.6. The lowest BCUT2D eigenvalue weighted by Crippen LogP contribution is -2.01. The summed E-state index contributed by atoms with van der Waals surface area (Å²) in [5, 5.41) is 9.31. The van der Waals surface area contributed by atoms with Crippen LogP contribution >= 0.6 is 24.2 Å². The molecule has 0 unspecified atom stereocenters. The molecule has 0 aliphatic carbocycles. The molecule has 4 heteroatoms. The maximum atomic E-state index is 10.6. The monoisotopic (exact) mass is 242 g/mol. The Kier molecular flexibility index (Phi) is 4.72. The van der Waals surface area contributed by atoms with Crippen LogP contribution in [0.3, 0.4) is 0 Å². The highest BCUT2D eigenvalue weighted by atomic mass is 35.5. The summed E-state index contributed by atoms with van der Waals surface area (Å²) in [6.45, 7) is 0. The van der Waals surface area contributed by atoms with Gasteiger partial charge in [-0.3, -0.25) is 4.79 Å². The molecule has 1 aromatic carbocycles. The van der Waals surface area contributed by atoms with Crippen LogP contribution in [-0.4, -0.2) is 16.8 Å². The van der Waals surface area contributed by atoms with Crippen LogP contribution in [0.15, 0.2) is 24.3 Å². The van der Waals surface area contributed by atoms with Crippen molar-refractivity contribution in [3.8, 4) is 0 Å². The first-order valence-electron chi connectivity index (χ1n) is 4.41. The molecule has 0 atom stereocenters. The van der Waals surface area contributed by atoms with Crippen molar-refractivity contribution in [3.63, 3.8) is 0 Å². The van der Waals surface area contributed by atoms with E-state index >= 15 is 0 Å². The van der Waals surface area contributed by atoms with Gasteiger partial charge in [-0.15, -0.1) is 0 Å². The number of carboxylic acid groups (broad SMARTS) is 1. The van der Waals surface area contributed by atoms with Crippen LogP contribution in [0.25, 0.3) is 6.08 Å². The minimum Gasteiger partial charge on any atom is -0.481 e. The normalized spacial score (nSPS) is 10.8. The second-order valence-electron chi connectivity index (χ2n) is 3.00. The molecule has 15 heavy (non-hydrogen) atoms. The first kappa shape index (κ1) is 12.1. The van der Waals surface area contributed by atoms with Gasteiger partial charge in [0, 0.05) is 10.8 Å². The van der Waals surface area contributed by atoms with Crippen molar-refractivity contribution in [2.75, 3.05) is 5.75 Å². The molecule has 0 bridgehead atoms. The predicted molar refractivity (Wildman–Crippen MR) is 65.7 cm³/mol. The number of carboxylic acids is 1. The van der Waals surface area contributed by atoms with Gasteiger partial charge in [-0.25, -0.2) is 0 Å². The highest BCUT2D eigenvalue weighted by Crippen LogP contribution is 2.18. The molecular formula is C11H11ClO2S. The summed E-state index contributed by atoms with van der Waals surface area (Å²) in [6, 6.07) is 5.17.